The molecule has 0 N–H and O–H groups in total. The maximum atomic E-state index is 2.60. The van der Waals surface area contributed by atoms with Crippen LogP contribution in [-0.2, 0) is 0 Å². The Kier molecular flexibility index (Phi) is 10.7. The molecule has 1 aliphatic rings. The minimum atomic E-state index is 0.543. The molecule has 2 nitrogen and oxygen atoms in total. The van der Waals surface area contributed by atoms with Gasteiger partial charge in [-0.1, -0.05) is 232 Å². The van der Waals surface area contributed by atoms with Gasteiger partial charge in [0.25, 0.3) is 0 Å². The summed E-state index contributed by atoms with van der Waals surface area (Å²) in [6.45, 7) is 0. The van der Waals surface area contributed by atoms with Crippen LogP contribution >= 0.6 is 0 Å². The zero-order valence-electron chi connectivity index (χ0n) is 39.2. The Hall–Kier alpha value is -8.46. The first-order chi connectivity index (χ1) is 34.8. The van der Waals surface area contributed by atoms with Crippen molar-refractivity contribution in [1.82, 2.24) is 4.57 Å². The molecule has 1 fully saturated rings. The number of fused-ring (bicyclic) bond motifs is 5. The van der Waals surface area contributed by atoms with Crippen molar-refractivity contribution in [3.63, 3.8) is 0 Å². The Labute approximate surface area is 410 Å². The third-order valence-electron chi connectivity index (χ3n) is 15.0. The van der Waals surface area contributed by atoms with E-state index < -0.39 is 0 Å². The van der Waals surface area contributed by atoms with Gasteiger partial charge in [-0.2, -0.15) is 0 Å². The zero-order valence-corrected chi connectivity index (χ0v) is 39.2. The molecule has 1 heterocycles. The van der Waals surface area contributed by atoms with E-state index in [1.54, 1.807) is 0 Å². The monoisotopic (exact) mass is 896 g/mol. The van der Waals surface area contributed by atoms with Gasteiger partial charge in [0.1, 0.15) is 0 Å². The number of hydrogen-bond donors (Lipinski definition) is 0. The van der Waals surface area contributed by atoms with Crippen molar-refractivity contribution in [2.75, 3.05) is 4.90 Å². The van der Waals surface area contributed by atoms with Crippen molar-refractivity contribution in [1.29, 1.82) is 0 Å². The summed E-state index contributed by atoms with van der Waals surface area (Å²) in [5, 5.41) is 7.61. The van der Waals surface area contributed by atoms with Gasteiger partial charge in [0.2, 0.25) is 0 Å². The van der Waals surface area contributed by atoms with Gasteiger partial charge in [0.05, 0.1) is 28.1 Å². The number of para-hydroxylation sites is 5. The van der Waals surface area contributed by atoms with Gasteiger partial charge in [-0.15, -0.1) is 0 Å². The molecule has 0 atom stereocenters. The molecule has 0 unspecified atom stereocenters. The van der Waals surface area contributed by atoms with Crippen LogP contribution in [0, 0.1) is 0 Å². The minimum absolute atomic E-state index is 0.543. The molecule has 0 radical (unpaired) electrons. The van der Waals surface area contributed by atoms with Crippen molar-refractivity contribution in [3.8, 4) is 50.2 Å². The van der Waals surface area contributed by atoms with Gasteiger partial charge in [-0.05, 0) is 105 Å². The number of anilines is 3. The molecular formula is C68H52N2. The summed E-state index contributed by atoms with van der Waals surface area (Å²) in [4.78, 5) is 2.60. The minimum Gasteiger partial charge on any atom is -0.309 e. The molecule has 334 valence electrons. The quantitative estimate of drug-likeness (QED) is 0.140. The van der Waals surface area contributed by atoms with Crippen LogP contribution in [0.3, 0.4) is 0 Å². The Balaban J connectivity index is 1.14. The lowest BCUT2D eigenvalue weighted by molar-refractivity contribution is 0.445. The summed E-state index contributed by atoms with van der Waals surface area (Å²) in [6, 6.07) is 92.4. The highest BCUT2D eigenvalue weighted by Crippen LogP contribution is 2.52. The van der Waals surface area contributed by atoms with Crippen LogP contribution in [0.5, 0.6) is 0 Å². The highest BCUT2D eigenvalue weighted by atomic mass is 15.2. The van der Waals surface area contributed by atoms with E-state index in [1.807, 2.05) is 0 Å². The lowest BCUT2D eigenvalue weighted by Gasteiger charge is -2.33. The molecule has 0 saturated heterocycles. The first-order valence-electron chi connectivity index (χ1n) is 25.0. The summed E-state index contributed by atoms with van der Waals surface area (Å²) in [5.41, 5.74) is 17.9. The van der Waals surface area contributed by atoms with E-state index in [0.29, 0.717) is 5.92 Å². The number of rotatable bonds is 9. The van der Waals surface area contributed by atoms with Crippen LogP contribution in [0.15, 0.2) is 249 Å². The van der Waals surface area contributed by atoms with Crippen LogP contribution in [0.1, 0.15) is 43.6 Å². The maximum absolute atomic E-state index is 2.60. The van der Waals surface area contributed by atoms with E-state index >= 15 is 0 Å². The van der Waals surface area contributed by atoms with Crippen LogP contribution in [0.2, 0.25) is 0 Å². The highest BCUT2D eigenvalue weighted by Gasteiger charge is 2.27. The Morgan fingerprint density at radius 2 is 0.900 bits per heavy atom. The first kappa shape index (κ1) is 41.7. The largest absolute Gasteiger partial charge is 0.309 e. The molecule has 70 heavy (non-hydrogen) atoms. The van der Waals surface area contributed by atoms with Crippen LogP contribution < -0.4 is 4.90 Å². The highest BCUT2D eigenvalue weighted by molar-refractivity contribution is 6.15. The van der Waals surface area contributed by atoms with Gasteiger partial charge in [0.15, 0.2) is 0 Å². The molecular weight excluding hydrogens is 845 g/mol. The average Bonchev–Trinajstić information content (AvgIpc) is 3.78. The van der Waals surface area contributed by atoms with Crippen LogP contribution in [0.25, 0.3) is 93.5 Å². The summed E-state index contributed by atoms with van der Waals surface area (Å²) in [7, 11) is 0. The molecule has 1 aliphatic carbocycles. The number of aromatic nitrogens is 1. The summed E-state index contributed by atoms with van der Waals surface area (Å²) < 4.78 is 2.47. The van der Waals surface area contributed by atoms with Gasteiger partial charge in [-0.25, -0.2) is 0 Å². The summed E-state index contributed by atoms with van der Waals surface area (Å²) in [5.74, 6) is 0.543. The molecule has 1 saturated carbocycles. The Morgan fingerprint density at radius 1 is 0.343 bits per heavy atom. The second kappa shape index (κ2) is 17.9. The fourth-order valence-electron chi connectivity index (χ4n) is 11.8. The summed E-state index contributed by atoms with van der Waals surface area (Å²) >= 11 is 0. The molecule has 11 aromatic carbocycles. The first-order valence-corrected chi connectivity index (χ1v) is 25.0. The van der Waals surface area contributed by atoms with E-state index in [0.717, 1.165) is 39.4 Å². The molecule has 2 heteroatoms. The fourth-order valence-corrected chi connectivity index (χ4v) is 11.8. The lowest BCUT2D eigenvalue weighted by Crippen LogP contribution is -2.14. The molecule has 0 spiro atoms. The lowest BCUT2D eigenvalue weighted by atomic mass is 9.80. The van der Waals surface area contributed by atoms with E-state index in [-0.39, 0.29) is 0 Å². The maximum Gasteiger partial charge on any atom is 0.0620 e. The molecule has 12 aromatic rings. The molecule has 13 rings (SSSR count). The average molecular weight is 897 g/mol. The zero-order chi connectivity index (χ0) is 46.4. The molecule has 1 aromatic heterocycles. The van der Waals surface area contributed by atoms with Crippen molar-refractivity contribution in [2.45, 2.75) is 38.0 Å². The van der Waals surface area contributed by atoms with Gasteiger partial charge >= 0.3 is 0 Å². The second-order valence-corrected chi connectivity index (χ2v) is 19.0. The standard InChI is InChI=1S/C68H52N2/c1-4-22-48(23-5-1)55-45-44-51(54-36-18-27-47-26-10-11-32-53(47)54)46-66(55)70(64-42-16-12-33-57(64)60-38-20-29-50-28-19-37-56(67(50)60)49-24-6-2-7-25-49)65-43-17-14-35-59(65)62-40-21-39-61-58-34-13-15-41-63(58)69(68(61)62)52-30-8-3-9-31-52/h1,3-5,8-23,26-46,49H,2,6-7,24-25H2. The predicted molar refractivity (Wildman–Crippen MR) is 298 cm³/mol. The molecule has 0 bridgehead atoms. The van der Waals surface area contributed by atoms with Crippen molar-refractivity contribution in [3.05, 3.63) is 254 Å². The number of hydrogen-bond acceptors (Lipinski definition) is 1. The van der Waals surface area contributed by atoms with E-state index in [9.17, 15) is 0 Å². The normalized spacial score (nSPS) is 13.1. The Bertz CT molecular complexity index is 3860. The van der Waals surface area contributed by atoms with E-state index in [4.69, 9.17) is 0 Å². The number of nitrogens with zero attached hydrogens (tertiary/aromatic N) is 2. The SMILES string of the molecule is c1ccc(-c2ccc(-c3cccc4ccccc34)cc2N(c2ccccc2-c2cccc3cccc(C4CCCCC4)c23)c2ccccc2-c2cccc3c4ccccc4n(-c4ccccc4)c23)cc1. The fraction of sp³-hybridized carbons (Fsp3) is 0.0882. The van der Waals surface area contributed by atoms with E-state index in [1.165, 1.54) is 109 Å². The van der Waals surface area contributed by atoms with Crippen LogP contribution in [0.4, 0.5) is 17.1 Å². The van der Waals surface area contributed by atoms with Crippen molar-refractivity contribution in [2.24, 2.45) is 0 Å². The predicted octanol–water partition coefficient (Wildman–Crippen LogP) is 19.3. The van der Waals surface area contributed by atoms with Crippen molar-refractivity contribution < 1.29 is 0 Å². The Morgan fingerprint density at radius 3 is 1.69 bits per heavy atom. The molecule has 0 aliphatic heterocycles. The molecule has 0 amide bonds. The van der Waals surface area contributed by atoms with Gasteiger partial charge in [-0.3, -0.25) is 0 Å². The van der Waals surface area contributed by atoms with Gasteiger partial charge in [0, 0.05) is 38.7 Å². The second-order valence-electron chi connectivity index (χ2n) is 19.0. The van der Waals surface area contributed by atoms with Crippen molar-refractivity contribution >= 4 is 60.4 Å². The summed E-state index contributed by atoms with van der Waals surface area (Å²) in [6.07, 6.45) is 6.38. The third-order valence-corrected chi connectivity index (χ3v) is 15.0. The topological polar surface area (TPSA) is 8.17 Å². The van der Waals surface area contributed by atoms with Crippen LogP contribution in [-0.4, -0.2) is 4.57 Å². The smallest absolute Gasteiger partial charge is 0.0620 e. The van der Waals surface area contributed by atoms with Gasteiger partial charge < -0.3 is 9.47 Å². The number of benzene rings is 11. The van der Waals surface area contributed by atoms with E-state index in [2.05, 4.69) is 258 Å². The third kappa shape index (κ3) is 7.18.